The van der Waals surface area contributed by atoms with Crippen LogP contribution in [0.5, 0.6) is 0 Å². The lowest BCUT2D eigenvalue weighted by Crippen LogP contribution is -2.47. The largest absolute Gasteiger partial charge is 0.490 e. The van der Waals surface area contributed by atoms with E-state index in [-0.39, 0.29) is 30.5 Å². The van der Waals surface area contributed by atoms with Gasteiger partial charge in [-0.25, -0.2) is 9.18 Å². The van der Waals surface area contributed by atoms with Crippen molar-refractivity contribution in [2.75, 3.05) is 6.54 Å². The van der Waals surface area contributed by atoms with E-state index in [2.05, 4.69) is 5.32 Å². The number of likely N-dealkylation sites (tertiary alicyclic amines) is 1. The van der Waals surface area contributed by atoms with Crippen molar-refractivity contribution in [3.63, 3.8) is 0 Å². The van der Waals surface area contributed by atoms with E-state index in [1.165, 1.54) is 6.07 Å². The molecule has 11 heteroatoms. The molecule has 2 amide bonds. The summed E-state index contributed by atoms with van der Waals surface area (Å²) < 4.78 is 45.5. The van der Waals surface area contributed by atoms with Crippen LogP contribution in [0.3, 0.4) is 0 Å². The lowest BCUT2D eigenvalue weighted by atomic mass is 10.0. The standard InChI is InChI=1S/C22H26FN3O2.C2HF3O2/c23-19-10-5-4-9-17(19)13-18(24)14-21(27)26-12-6-11-20(26)22(28)25-15-16-7-2-1-3-8-16;3-2(4,5)1(6)7/h1-5,7-10,18,20H,6,11-15,24H2,(H,25,28);(H,6,7)/t18?,20-;/m0./s1. The topological polar surface area (TPSA) is 113 Å². The first-order valence-electron chi connectivity index (χ1n) is 10.9. The van der Waals surface area contributed by atoms with Crippen LogP contribution in [0.1, 0.15) is 30.4 Å². The third-order valence-corrected chi connectivity index (χ3v) is 5.30. The minimum absolute atomic E-state index is 0.0940. The molecule has 190 valence electrons. The SMILES string of the molecule is NC(CC(=O)N1CCC[C@H]1C(=O)NCc1ccccc1)Cc1ccccc1F.O=C(O)C(F)(F)F. The first kappa shape index (κ1) is 27.8. The van der Waals surface area contributed by atoms with E-state index in [4.69, 9.17) is 15.6 Å². The lowest BCUT2D eigenvalue weighted by molar-refractivity contribution is -0.192. The summed E-state index contributed by atoms with van der Waals surface area (Å²) in [5.41, 5.74) is 7.60. The Morgan fingerprint density at radius 2 is 1.69 bits per heavy atom. The molecule has 1 heterocycles. The zero-order valence-electron chi connectivity index (χ0n) is 18.8. The van der Waals surface area contributed by atoms with Gasteiger partial charge < -0.3 is 21.1 Å². The molecule has 4 N–H and O–H groups in total. The van der Waals surface area contributed by atoms with Gasteiger partial charge in [0.2, 0.25) is 11.8 Å². The van der Waals surface area contributed by atoms with Crippen LogP contribution in [0.2, 0.25) is 0 Å². The Morgan fingerprint density at radius 1 is 1.09 bits per heavy atom. The van der Waals surface area contributed by atoms with Gasteiger partial charge >= 0.3 is 12.1 Å². The van der Waals surface area contributed by atoms with Gasteiger partial charge in [0, 0.05) is 25.6 Å². The van der Waals surface area contributed by atoms with Crippen LogP contribution in [0.25, 0.3) is 0 Å². The monoisotopic (exact) mass is 497 g/mol. The number of hydrogen-bond acceptors (Lipinski definition) is 4. The molecule has 0 bridgehead atoms. The Morgan fingerprint density at radius 3 is 2.29 bits per heavy atom. The number of carbonyl (C=O) groups is 3. The van der Waals surface area contributed by atoms with Gasteiger partial charge in [0.05, 0.1) is 0 Å². The second-order valence-corrected chi connectivity index (χ2v) is 8.01. The number of hydrogen-bond donors (Lipinski definition) is 3. The molecule has 2 atom stereocenters. The van der Waals surface area contributed by atoms with Gasteiger partial charge in [-0.1, -0.05) is 48.5 Å². The summed E-state index contributed by atoms with van der Waals surface area (Å²) >= 11 is 0. The molecule has 0 aliphatic carbocycles. The number of alkyl halides is 3. The van der Waals surface area contributed by atoms with Gasteiger partial charge in [-0.2, -0.15) is 13.2 Å². The predicted molar refractivity (Wildman–Crippen MR) is 119 cm³/mol. The number of benzene rings is 2. The molecular formula is C24H27F4N3O4. The predicted octanol–water partition coefficient (Wildman–Crippen LogP) is 3.03. The van der Waals surface area contributed by atoms with Crippen LogP contribution in [0, 0.1) is 5.82 Å². The number of rotatable bonds is 7. The maximum absolute atomic E-state index is 13.8. The first-order chi connectivity index (χ1) is 16.5. The average Bonchev–Trinajstić information content (AvgIpc) is 3.30. The second kappa shape index (κ2) is 12.8. The summed E-state index contributed by atoms with van der Waals surface area (Å²) in [6.45, 7) is 0.986. The van der Waals surface area contributed by atoms with Crippen molar-refractivity contribution in [3.8, 4) is 0 Å². The van der Waals surface area contributed by atoms with Crippen molar-refractivity contribution < 1.29 is 37.1 Å². The van der Waals surface area contributed by atoms with Crippen molar-refractivity contribution in [1.29, 1.82) is 0 Å². The Kier molecular flexibility index (Phi) is 10.2. The van der Waals surface area contributed by atoms with Crippen LogP contribution in [0.4, 0.5) is 17.6 Å². The molecule has 35 heavy (non-hydrogen) atoms. The molecule has 0 spiro atoms. The van der Waals surface area contributed by atoms with Crippen LogP contribution in [0.15, 0.2) is 54.6 Å². The highest BCUT2D eigenvalue weighted by molar-refractivity contribution is 5.88. The molecule has 1 unspecified atom stereocenters. The molecule has 2 aromatic rings. The molecule has 1 fully saturated rings. The van der Waals surface area contributed by atoms with Crippen LogP contribution in [-0.4, -0.2) is 52.6 Å². The van der Waals surface area contributed by atoms with E-state index in [1.54, 1.807) is 23.1 Å². The number of halogens is 4. The lowest BCUT2D eigenvalue weighted by Gasteiger charge is -2.25. The summed E-state index contributed by atoms with van der Waals surface area (Å²) in [4.78, 5) is 35.8. The molecule has 1 aliphatic heterocycles. The fraction of sp³-hybridized carbons (Fsp3) is 0.375. The van der Waals surface area contributed by atoms with Crippen molar-refractivity contribution in [1.82, 2.24) is 10.2 Å². The van der Waals surface area contributed by atoms with E-state index < -0.39 is 24.2 Å². The molecule has 7 nitrogen and oxygen atoms in total. The number of nitrogens with two attached hydrogens (primary N) is 1. The second-order valence-electron chi connectivity index (χ2n) is 8.01. The van der Waals surface area contributed by atoms with Crippen molar-refractivity contribution in [3.05, 3.63) is 71.5 Å². The number of carboxylic acid groups (broad SMARTS) is 1. The molecule has 0 aromatic heterocycles. The van der Waals surface area contributed by atoms with Crippen LogP contribution < -0.4 is 11.1 Å². The highest BCUT2D eigenvalue weighted by atomic mass is 19.4. The fourth-order valence-electron chi connectivity index (χ4n) is 3.60. The summed E-state index contributed by atoms with van der Waals surface area (Å²) in [6.07, 6.45) is -3.26. The van der Waals surface area contributed by atoms with E-state index in [0.717, 1.165) is 12.0 Å². The minimum atomic E-state index is -5.08. The maximum atomic E-state index is 13.8. The van der Waals surface area contributed by atoms with Gasteiger partial charge in [0.1, 0.15) is 11.9 Å². The maximum Gasteiger partial charge on any atom is 0.490 e. The zero-order valence-corrected chi connectivity index (χ0v) is 18.8. The third kappa shape index (κ3) is 9.01. The van der Waals surface area contributed by atoms with E-state index in [1.807, 2.05) is 30.3 Å². The van der Waals surface area contributed by atoms with E-state index in [0.29, 0.717) is 25.1 Å². The highest BCUT2D eigenvalue weighted by Gasteiger charge is 2.38. The van der Waals surface area contributed by atoms with Crippen molar-refractivity contribution in [2.24, 2.45) is 5.73 Å². The third-order valence-electron chi connectivity index (χ3n) is 5.30. The summed E-state index contributed by atoms with van der Waals surface area (Å²) in [5, 5.41) is 10.0. The van der Waals surface area contributed by atoms with Crippen LogP contribution in [-0.2, 0) is 27.3 Å². The highest BCUT2D eigenvalue weighted by Crippen LogP contribution is 2.20. The van der Waals surface area contributed by atoms with Gasteiger partial charge in [-0.05, 0) is 36.5 Å². The Bertz CT molecular complexity index is 1000. The fourth-order valence-corrected chi connectivity index (χ4v) is 3.60. The Labute approximate surface area is 199 Å². The molecular weight excluding hydrogens is 470 g/mol. The van der Waals surface area contributed by atoms with Gasteiger partial charge in [-0.15, -0.1) is 0 Å². The quantitative estimate of drug-likeness (QED) is 0.509. The smallest absolute Gasteiger partial charge is 0.475 e. The molecule has 1 saturated heterocycles. The minimum Gasteiger partial charge on any atom is -0.475 e. The number of nitrogens with one attached hydrogen (secondary N) is 1. The molecule has 3 rings (SSSR count). The van der Waals surface area contributed by atoms with Gasteiger partial charge in [-0.3, -0.25) is 9.59 Å². The average molecular weight is 497 g/mol. The van der Waals surface area contributed by atoms with E-state index in [9.17, 15) is 27.2 Å². The van der Waals surface area contributed by atoms with E-state index >= 15 is 0 Å². The molecule has 0 saturated carbocycles. The summed E-state index contributed by atoms with van der Waals surface area (Å²) in [5.74, 6) is -3.36. The molecule has 2 aromatic carbocycles. The van der Waals surface area contributed by atoms with Crippen LogP contribution >= 0.6 is 0 Å². The number of carbonyl (C=O) groups excluding carboxylic acids is 2. The first-order valence-corrected chi connectivity index (χ1v) is 10.9. The molecule has 0 radical (unpaired) electrons. The number of carboxylic acids is 1. The normalized spacial score (nSPS) is 16.1. The number of nitrogens with zero attached hydrogens (tertiary/aromatic N) is 1. The number of amides is 2. The Balaban J connectivity index is 0.000000540. The van der Waals surface area contributed by atoms with Crippen molar-refractivity contribution in [2.45, 2.75) is 50.5 Å². The van der Waals surface area contributed by atoms with Crippen molar-refractivity contribution >= 4 is 17.8 Å². The zero-order chi connectivity index (χ0) is 26.0. The summed E-state index contributed by atoms with van der Waals surface area (Å²) in [6, 6.07) is 15.1. The van der Waals surface area contributed by atoms with Gasteiger partial charge in [0.15, 0.2) is 0 Å². The van der Waals surface area contributed by atoms with Gasteiger partial charge in [0.25, 0.3) is 0 Å². The molecule has 1 aliphatic rings. The Hall–Kier alpha value is -3.47. The number of aliphatic carboxylic acids is 1. The summed E-state index contributed by atoms with van der Waals surface area (Å²) in [7, 11) is 0.